The first kappa shape index (κ1) is 53.4. The summed E-state index contributed by atoms with van der Waals surface area (Å²) in [5.41, 5.74) is 5.45. The normalized spacial score (nSPS) is 15.4. The molecule has 62 heavy (non-hydrogen) atoms. The lowest BCUT2D eigenvalue weighted by Crippen LogP contribution is -2.13. The molecule has 2 aromatic rings. The second-order valence-electron chi connectivity index (χ2n) is 17.2. The van der Waals surface area contributed by atoms with Crippen LogP contribution < -0.4 is 0 Å². The molecule has 0 bridgehead atoms. The highest BCUT2D eigenvalue weighted by atomic mass is 16.4. The predicted molar refractivity (Wildman–Crippen MR) is 258 cm³/mol. The van der Waals surface area contributed by atoms with Gasteiger partial charge in [-0.1, -0.05) is 167 Å². The fourth-order valence-corrected chi connectivity index (χ4v) is 8.40. The monoisotopic (exact) mass is 857 g/mol. The van der Waals surface area contributed by atoms with Gasteiger partial charge in [-0.05, 0) is 120 Å². The lowest BCUT2D eigenvalue weighted by molar-refractivity contribution is -0.132. The second kappa shape index (κ2) is 33.8. The van der Waals surface area contributed by atoms with E-state index in [1.807, 2.05) is 18.2 Å². The average molecular weight is 857 g/mol. The maximum atomic E-state index is 10.9. The highest BCUT2D eigenvalue weighted by molar-refractivity contribution is 5.88. The molecule has 8 nitrogen and oxygen atoms in total. The number of benzene rings is 2. The van der Waals surface area contributed by atoms with Gasteiger partial charge < -0.3 is 20.4 Å². The molecule has 1 aliphatic rings. The van der Waals surface area contributed by atoms with Crippen LogP contribution in [0.2, 0.25) is 0 Å². The maximum Gasteiger partial charge on any atom is 0.328 e. The Labute approximate surface area is 374 Å². The van der Waals surface area contributed by atoms with Crippen molar-refractivity contribution in [2.45, 2.75) is 187 Å². The van der Waals surface area contributed by atoms with E-state index >= 15 is 0 Å². The van der Waals surface area contributed by atoms with Crippen molar-refractivity contribution >= 4 is 48.2 Å². The first-order valence-electron chi connectivity index (χ1n) is 23.9. The van der Waals surface area contributed by atoms with E-state index in [1.54, 1.807) is 30.4 Å². The third-order valence-corrected chi connectivity index (χ3v) is 11.8. The van der Waals surface area contributed by atoms with Crippen LogP contribution in [0.5, 0.6) is 0 Å². The second-order valence-corrected chi connectivity index (χ2v) is 17.2. The Bertz CT molecular complexity index is 1630. The van der Waals surface area contributed by atoms with Gasteiger partial charge in [0.15, 0.2) is 0 Å². The zero-order valence-corrected chi connectivity index (χ0v) is 38.0. The number of unbranched alkanes of at least 4 members (excludes halogenated alkanes) is 18. The Morgan fingerprint density at radius 2 is 0.774 bits per heavy atom. The highest BCUT2D eigenvalue weighted by Gasteiger charge is 2.22. The van der Waals surface area contributed by atoms with Gasteiger partial charge in [-0.25, -0.2) is 19.2 Å². The molecular formula is C54H80O8. The Hall–Kier alpha value is -4.72. The molecule has 0 aromatic heterocycles. The number of hydrogen-bond donors (Lipinski definition) is 4. The van der Waals surface area contributed by atoms with Crippen molar-refractivity contribution in [1.82, 2.24) is 0 Å². The molecule has 0 heterocycles. The van der Waals surface area contributed by atoms with Crippen molar-refractivity contribution in [3.63, 3.8) is 0 Å². The lowest BCUT2D eigenvalue weighted by Gasteiger charge is -2.29. The first-order chi connectivity index (χ1) is 30.0. The van der Waals surface area contributed by atoms with Gasteiger partial charge in [-0.2, -0.15) is 0 Å². The molecule has 1 fully saturated rings. The molecular weight excluding hydrogens is 777 g/mol. The highest BCUT2D eigenvalue weighted by Crippen LogP contribution is 2.38. The molecule has 2 aromatic carbocycles. The molecule has 0 radical (unpaired) electrons. The summed E-state index contributed by atoms with van der Waals surface area (Å²) in [5.74, 6) is -2.68. The zero-order chi connectivity index (χ0) is 45.2. The van der Waals surface area contributed by atoms with Crippen molar-refractivity contribution in [3.05, 3.63) is 94.1 Å². The van der Waals surface area contributed by atoms with Crippen molar-refractivity contribution in [2.24, 2.45) is 5.92 Å². The summed E-state index contributed by atoms with van der Waals surface area (Å²) in [6, 6.07) is 11.7. The Kier molecular flexibility index (Phi) is 29.2. The molecule has 1 saturated carbocycles. The van der Waals surface area contributed by atoms with E-state index in [1.165, 1.54) is 147 Å². The minimum atomic E-state index is -0.997. The van der Waals surface area contributed by atoms with E-state index in [4.69, 9.17) is 20.4 Å². The topological polar surface area (TPSA) is 149 Å². The largest absolute Gasteiger partial charge is 0.478 e. The lowest BCUT2D eigenvalue weighted by atomic mass is 9.76. The molecule has 344 valence electrons. The van der Waals surface area contributed by atoms with Gasteiger partial charge in [0.05, 0.1) is 0 Å². The van der Waals surface area contributed by atoms with Gasteiger partial charge in [0.1, 0.15) is 0 Å². The Morgan fingerprint density at radius 3 is 1.13 bits per heavy atom. The quantitative estimate of drug-likeness (QED) is 0.0432. The van der Waals surface area contributed by atoms with Gasteiger partial charge in [-0.3, -0.25) is 0 Å². The summed E-state index contributed by atoms with van der Waals surface area (Å²) < 4.78 is 0. The number of aliphatic carboxylic acids is 4. The minimum Gasteiger partial charge on any atom is -0.478 e. The third-order valence-electron chi connectivity index (χ3n) is 11.8. The van der Waals surface area contributed by atoms with E-state index < -0.39 is 23.9 Å². The number of carbonyl (C=O) groups is 4. The molecule has 8 heteroatoms. The minimum absolute atomic E-state index is 0. The number of aryl methyl sites for hydroxylation is 1. The maximum absolute atomic E-state index is 10.9. The molecule has 4 N–H and O–H groups in total. The van der Waals surface area contributed by atoms with Crippen LogP contribution in [0.15, 0.2) is 60.7 Å². The van der Waals surface area contributed by atoms with Crippen LogP contribution in [0.3, 0.4) is 0 Å². The summed E-state index contributed by atoms with van der Waals surface area (Å²) in [4.78, 5) is 43.3. The number of carboxylic acids is 4. The zero-order valence-electron chi connectivity index (χ0n) is 38.0. The summed E-state index contributed by atoms with van der Waals surface area (Å²) in [6.07, 6.45) is 44.5. The Balaban J connectivity index is 0.000000632. The van der Waals surface area contributed by atoms with Crippen LogP contribution in [0.25, 0.3) is 24.3 Å². The smallest absolute Gasteiger partial charge is 0.328 e. The molecule has 3 rings (SSSR count). The van der Waals surface area contributed by atoms with E-state index in [9.17, 15) is 19.2 Å². The molecule has 0 spiro atoms. The van der Waals surface area contributed by atoms with Crippen LogP contribution in [0.4, 0.5) is 0 Å². The molecule has 0 saturated heterocycles. The number of carboxylic acid groups (broad SMARTS) is 4. The summed E-state index contributed by atoms with van der Waals surface area (Å²) in [6.45, 7) is 4.51. The van der Waals surface area contributed by atoms with Crippen LogP contribution in [-0.2, 0) is 25.6 Å². The molecule has 0 unspecified atom stereocenters. The van der Waals surface area contributed by atoms with Crippen LogP contribution in [-0.4, -0.2) is 44.3 Å². The van der Waals surface area contributed by atoms with E-state index in [-0.39, 0.29) is 1.43 Å². The summed E-state index contributed by atoms with van der Waals surface area (Å²) in [5, 5.41) is 35.6. The summed E-state index contributed by atoms with van der Waals surface area (Å²) >= 11 is 0. The van der Waals surface area contributed by atoms with E-state index in [2.05, 4.69) is 26.0 Å². The molecule has 0 aliphatic heterocycles. The SMILES string of the molecule is CCCCCCCCCCCCC1CCC(c2cc(C=CC(=O)O)cc(/C=C\C(=O)O)c2)CC1.CCCCCCCCCCCCc1cc(/C=C\C(=O)O)cc(/C=C/C(=O)O)c1.[HH]. The predicted octanol–water partition coefficient (Wildman–Crippen LogP) is 15.1. The number of hydrogen-bond acceptors (Lipinski definition) is 4. The first-order valence-corrected chi connectivity index (χ1v) is 23.9. The fraction of sp³-hybridized carbons (Fsp3) is 0.556. The van der Waals surface area contributed by atoms with Crippen molar-refractivity contribution in [1.29, 1.82) is 0 Å². The van der Waals surface area contributed by atoms with Crippen molar-refractivity contribution < 1.29 is 41.0 Å². The van der Waals surface area contributed by atoms with E-state index in [0.717, 1.165) is 83.7 Å². The van der Waals surface area contributed by atoms with E-state index in [0.29, 0.717) is 5.92 Å². The summed E-state index contributed by atoms with van der Waals surface area (Å²) in [7, 11) is 0. The molecule has 1 aliphatic carbocycles. The van der Waals surface area contributed by atoms with Gasteiger partial charge >= 0.3 is 23.9 Å². The van der Waals surface area contributed by atoms with Crippen molar-refractivity contribution in [2.75, 3.05) is 0 Å². The van der Waals surface area contributed by atoms with Gasteiger partial charge in [0, 0.05) is 25.7 Å². The average Bonchev–Trinajstić information content (AvgIpc) is 3.25. The number of rotatable bonds is 31. The van der Waals surface area contributed by atoms with Crippen LogP contribution in [0.1, 0.15) is 215 Å². The van der Waals surface area contributed by atoms with Gasteiger partial charge in [-0.15, -0.1) is 0 Å². The van der Waals surface area contributed by atoms with Crippen LogP contribution in [0, 0.1) is 5.92 Å². The molecule has 0 atom stereocenters. The Morgan fingerprint density at radius 1 is 0.452 bits per heavy atom. The van der Waals surface area contributed by atoms with Crippen molar-refractivity contribution in [3.8, 4) is 0 Å². The van der Waals surface area contributed by atoms with Gasteiger partial charge in [0.25, 0.3) is 0 Å². The standard InChI is InChI=1S/C30H44O4.C24H34O4.H2/c1-2-3-4-5-6-7-8-9-10-11-12-24-13-17-27(18-14-24)28-22-25(15-19-29(31)32)21-26(23-28)16-20-30(33)34;1-2-3-4-5-6-7-8-9-10-11-12-20-17-21(13-15-23(25)26)19-22(18-20)14-16-24(27)28;/h15-16,19-24,27H,2-14,17-18H2,1H3,(H,31,32)(H,33,34);13-19H,2-12H2,1H3,(H,25,26)(H,27,28);1H/b19-15-,20-16?;15-13-,16-14+;. The third kappa shape index (κ3) is 27.3. The van der Waals surface area contributed by atoms with Crippen LogP contribution >= 0.6 is 0 Å². The fourth-order valence-electron chi connectivity index (χ4n) is 8.40. The molecule has 0 amide bonds. The van der Waals surface area contributed by atoms with Gasteiger partial charge in [0.2, 0.25) is 0 Å².